The lowest BCUT2D eigenvalue weighted by Gasteiger charge is -2.26. The second-order valence-corrected chi connectivity index (χ2v) is 14.3. The van der Waals surface area contributed by atoms with E-state index in [1.54, 1.807) is 53.4 Å². The summed E-state index contributed by atoms with van der Waals surface area (Å²) in [5.74, 6) is -4.04. The molecule has 2 aromatic rings. The lowest BCUT2D eigenvalue weighted by Crippen LogP contribution is -2.52. The van der Waals surface area contributed by atoms with E-state index in [4.69, 9.17) is 14.2 Å². The highest BCUT2D eigenvalue weighted by Gasteiger charge is 2.26. The Balaban J connectivity index is 1.13. The van der Waals surface area contributed by atoms with Crippen LogP contribution < -0.4 is 26.6 Å². The number of carbonyl (C=O) groups is 9. The lowest BCUT2D eigenvalue weighted by molar-refractivity contribution is -0.142. The van der Waals surface area contributed by atoms with Gasteiger partial charge in [-0.15, -0.1) is 0 Å². The van der Waals surface area contributed by atoms with Crippen LogP contribution in [0.25, 0.3) is 0 Å². The fourth-order valence-corrected chi connectivity index (χ4v) is 6.12. The van der Waals surface area contributed by atoms with E-state index in [0.29, 0.717) is 31.9 Å². The van der Waals surface area contributed by atoms with Crippen LogP contribution in [0.15, 0.2) is 66.7 Å². The first kappa shape index (κ1) is 48.3. The molecule has 7 amide bonds. The van der Waals surface area contributed by atoms with Gasteiger partial charge in [0, 0.05) is 70.3 Å². The van der Waals surface area contributed by atoms with Gasteiger partial charge in [0.25, 0.3) is 11.8 Å². The van der Waals surface area contributed by atoms with Gasteiger partial charge in [0.2, 0.25) is 29.5 Å². The van der Waals surface area contributed by atoms with Gasteiger partial charge in [-0.25, -0.2) is 0 Å². The number of amides is 7. The van der Waals surface area contributed by atoms with Crippen LogP contribution in [0.5, 0.6) is 0 Å². The molecule has 0 bridgehead atoms. The van der Waals surface area contributed by atoms with E-state index in [2.05, 4.69) is 26.6 Å². The number of nitrogens with zero attached hydrogens (tertiary/aromatic N) is 3. The Kier molecular flexibility index (Phi) is 20.3. The molecule has 1 atom stereocenters. The molecule has 2 aromatic carbocycles. The number of anilines is 1. The van der Waals surface area contributed by atoms with Gasteiger partial charge < -0.3 is 45.7 Å². The topological polar surface area (TPSA) is 251 Å². The number of rotatable bonds is 20. The molecular formula is C42H54N8O12. The Hall–Kier alpha value is -6.35. The van der Waals surface area contributed by atoms with Crippen LogP contribution in [0.2, 0.25) is 0 Å². The minimum atomic E-state index is -1.07. The average Bonchev–Trinajstić information content (AvgIpc) is 3.57. The van der Waals surface area contributed by atoms with Crippen molar-refractivity contribution in [1.82, 2.24) is 36.0 Å². The van der Waals surface area contributed by atoms with E-state index in [9.17, 15) is 43.2 Å². The lowest BCUT2D eigenvalue weighted by atomic mass is 10.1. The molecule has 0 radical (unpaired) electrons. The molecule has 0 aliphatic carbocycles. The Labute approximate surface area is 359 Å². The molecule has 1 saturated heterocycles. The van der Waals surface area contributed by atoms with Gasteiger partial charge in [0.15, 0.2) is 5.78 Å². The molecule has 0 spiro atoms. The number of imide groups is 1. The fraction of sp³-hybridized carbons (Fsp3) is 0.452. The quantitative estimate of drug-likeness (QED) is 0.0736. The summed E-state index contributed by atoms with van der Waals surface area (Å²) in [4.78, 5) is 116. The largest absolute Gasteiger partial charge is 0.461 e. The van der Waals surface area contributed by atoms with E-state index in [0.717, 1.165) is 16.0 Å². The first-order valence-corrected chi connectivity index (χ1v) is 20.2. The predicted molar refractivity (Wildman–Crippen MR) is 222 cm³/mol. The number of nitrogens with one attached hydrogen (secondary N) is 5. The van der Waals surface area contributed by atoms with Crippen LogP contribution in [0, 0.1) is 0 Å². The van der Waals surface area contributed by atoms with Crippen molar-refractivity contribution < 1.29 is 57.4 Å². The second-order valence-electron chi connectivity index (χ2n) is 14.3. The highest BCUT2D eigenvalue weighted by Crippen LogP contribution is 2.11. The summed E-state index contributed by atoms with van der Waals surface area (Å²) < 4.78 is 16.4. The van der Waals surface area contributed by atoms with Crippen LogP contribution in [-0.2, 0) is 70.4 Å². The van der Waals surface area contributed by atoms with Crippen LogP contribution >= 0.6 is 0 Å². The van der Waals surface area contributed by atoms with Crippen molar-refractivity contribution in [1.29, 1.82) is 0 Å². The smallest absolute Gasteiger partial charge is 0.302 e. The van der Waals surface area contributed by atoms with Crippen molar-refractivity contribution >= 4 is 58.8 Å². The monoisotopic (exact) mass is 862 g/mol. The van der Waals surface area contributed by atoms with Gasteiger partial charge in [-0.3, -0.25) is 53.0 Å². The summed E-state index contributed by atoms with van der Waals surface area (Å²) in [6, 6.07) is 14.5. The molecule has 1 fully saturated rings. The normalized spacial score (nSPS) is 15.4. The third kappa shape index (κ3) is 18.1. The summed E-state index contributed by atoms with van der Waals surface area (Å²) in [5.41, 5.74) is 1.94. The molecule has 20 nitrogen and oxygen atoms in total. The molecular weight excluding hydrogens is 809 g/mol. The number of benzene rings is 2. The van der Waals surface area contributed by atoms with Crippen molar-refractivity contribution in [2.75, 3.05) is 97.2 Å². The summed E-state index contributed by atoms with van der Waals surface area (Å²) in [6.45, 7) is 2.73. The number of ketones is 1. The minimum absolute atomic E-state index is 0.00755. The van der Waals surface area contributed by atoms with Crippen LogP contribution in [-0.4, -0.2) is 166 Å². The Morgan fingerprint density at radius 1 is 0.710 bits per heavy atom. The van der Waals surface area contributed by atoms with Crippen molar-refractivity contribution in [3.8, 4) is 0 Å². The molecule has 4 rings (SSSR count). The van der Waals surface area contributed by atoms with Gasteiger partial charge in [-0.1, -0.05) is 42.5 Å². The first-order chi connectivity index (χ1) is 29.9. The van der Waals surface area contributed by atoms with Gasteiger partial charge in [-0.05, 0) is 23.3 Å². The van der Waals surface area contributed by atoms with E-state index < -0.39 is 54.0 Å². The zero-order valence-electron chi connectivity index (χ0n) is 34.7. The SMILES string of the molecule is CC(=O)OCc1ccc(NC(=O)CNC(=O)[C@H](Cc2ccccc2)NC(=O)CNC(=O)CNCC(=O)CN2CCOCCN(C(=O)CCN3C(=O)C=CC3=O)CCOCC2)cc1. The number of Topliss-reactive ketones (excluding diaryl/α,β-unsaturated/α-hetero) is 1. The number of hydrogen-bond donors (Lipinski definition) is 5. The van der Waals surface area contributed by atoms with Crippen molar-refractivity contribution in [2.45, 2.75) is 32.4 Å². The molecule has 20 heteroatoms. The van der Waals surface area contributed by atoms with Crippen LogP contribution in [0.4, 0.5) is 5.69 Å². The maximum absolute atomic E-state index is 13.2. The van der Waals surface area contributed by atoms with Crippen LogP contribution in [0.3, 0.4) is 0 Å². The molecule has 2 heterocycles. The Morgan fingerprint density at radius 2 is 1.34 bits per heavy atom. The van der Waals surface area contributed by atoms with Crippen molar-refractivity contribution in [3.05, 3.63) is 77.9 Å². The standard InChI is InChI=1S/C42H54N8O12/c1-30(51)62-29-32-7-9-33(10-8-32)46-37(54)27-45-42(59)35(23-31-5-3-2-4-6-31)47-38(55)26-44-36(53)25-43-24-34(52)28-48-15-19-60-21-17-49(18-22-61-20-16-48)39(56)13-14-50-40(57)11-12-41(50)58/h2-12,35,43H,13-29H2,1H3,(H,44,53)(H,45,59)(H,46,54)(H,47,55)/t35-/m0/s1. The highest BCUT2D eigenvalue weighted by atomic mass is 16.5. The molecule has 0 saturated carbocycles. The number of carbonyl (C=O) groups excluding carboxylic acids is 9. The van der Waals surface area contributed by atoms with E-state index in [1.165, 1.54) is 19.1 Å². The summed E-state index contributed by atoms with van der Waals surface area (Å²) in [7, 11) is 0. The zero-order valence-corrected chi connectivity index (χ0v) is 34.7. The second kappa shape index (κ2) is 26.1. The number of ether oxygens (including phenoxy) is 3. The van der Waals surface area contributed by atoms with Gasteiger partial charge in [-0.2, -0.15) is 0 Å². The summed E-state index contributed by atoms with van der Waals surface area (Å²) in [6.07, 6.45) is 2.45. The van der Waals surface area contributed by atoms with E-state index in [1.807, 2.05) is 11.0 Å². The molecule has 5 N–H and O–H groups in total. The molecule has 334 valence electrons. The zero-order chi connectivity index (χ0) is 44.7. The van der Waals surface area contributed by atoms with Gasteiger partial charge >= 0.3 is 5.97 Å². The Morgan fingerprint density at radius 3 is 1.98 bits per heavy atom. The van der Waals surface area contributed by atoms with Crippen LogP contribution in [0.1, 0.15) is 24.5 Å². The molecule has 0 unspecified atom stereocenters. The molecule has 62 heavy (non-hydrogen) atoms. The molecule has 2 aliphatic heterocycles. The first-order valence-electron chi connectivity index (χ1n) is 20.2. The fourth-order valence-electron chi connectivity index (χ4n) is 6.12. The van der Waals surface area contributed by atoms with E-state index >= 15 is 0 Å². The van der Waals surface area contributed by atoms with Gasteiger partial charge in [0.1, 0.15) is 12.6 Å². The van der Waals surface area contributed by atoms with E-state index in [-0.39, 0.29) is 90.3 Å². The summed E-state index contributed by atoms with van der Waals surface area (Å²) in [5, 5.41) is 13.1. The van der Waals surface area contributed by atoms with Crippen molar-refractivity contribution in [3.63, 3.8) is 0 Å². The average molecular weight is 863 g/mol. The molecule has 0 aromatic heterocycles. The maximum atomic E-state index is 13.2. The molecule has 2 aliphatic rings. The minimum Gasteiger partial charge on any atom is -0.461 e. The van der Waals surface area contributed by atoms with Crippen molar-refractivity contribution in [2.24, 2.45) is 0 Å². The number of esters is 1. The third-order valence-electron chi connectivity index (χ3n) is 9.41. The predicted octanol–water partition coefficient (Wildman–Crippen LogP) is -1.70. The number of hydrogen-bond acceptors (Lipinski definition) is 14. The summed E-state index contributed by atoms with van der Waals surface area (Å²) >= 11 is 0. The van der Waals surface area contributed by atoms with Gasteiger partial charge in [0.05, 0.1) is 59.2 Å². The Bertz CT molecular complexity index is 1880. The third-order valence-corrected chi connectivity index (χ3v) is 9.41. The maximum Gasteiger partial charge on any atom is 0.302 e. The highest BCUT2D eigenvalue weighted by molar-refractivity contribution is 6.13.